The van der Waals surface area contributed by atoms with Crippen molar-refractivity contribution in [3.8, 4) is 0 Å². The summed E-state index contributed by atoms with van der Waals surface area (Å²) in [6, 6.07) is 8.47. The van der Waals surface area contributed by atoms with E-state index in [-0.39, 0.29) is 0 Å². The molecule has 0 aliphatic rings. The molecule has 1 nitrogen and oxygen atoms in total. The van der Waals surface area contributed by atoms with Crippen LogP contribution in [-0.2, 0) is 6.42 Å². The van der Waals surface area contributed by atoms with Crippen LogP contribution < -0.4 is 4.90 Å². The van der Waals surface area contributed by atoms with Crippen molar-refractivity contribution in [2.45, 2.75) is 19.8 Å². The van der Waals surface area contributed by atoms with Gasteiger partial charge in [-0.05, 0) is 24.1 Å². The molecule has 0 N–H and O–H groups in total. The largest absolute Gasteiger partial charge is 0.345 e. The maximum absolute atomic E-state index is 4.06. The summed E-state index contributed by atoms with van der Waals surface area (Å²) >= 11 is 0. The molecule has 90 valence electrons. The first-order valence-corrected chi connectivity index (χ1v) is 6.00. The van der Waals surface area contributed by atoms with Crippen LogP contribution in [0.1, 0.15) is 18.9 Å². The zero-order valence-electron chi connectivity index (χ0n) is 10.8. The lowest BCUT2D eigenvalue weighted by atomic mass is 10.1. The first-order valence-electron chi connectivity index (χ1n) is 6.00. The minimum atomic E-state index is 0.966. The summed E-state index contributed by atoms with van der Waals surface area (Å²) in [4.78, 5) is 2.12. The van der Waals surface area contributed by atoms with Crippen LogP contribution >= 0.6 is 0 Å². The van der Waals surface area contributed by atoms with Crippen LogP contribution in [0.25, 0.3) is 0 Å². The van der Waals surface area contributed by atoms with Crippen LogP contribution in [0.5, 0.6) is 0 Å². The predicted octanol–water partition coefficient (Wildman–Crippen LogP) is 4.33. The van der Waals surface area contributed by atoms with Crippen molar-refractivity contribution in [3.05, 3.63) is 66.9 Å². The molecule has 0 aliphatic carbocycles. The quantitative estimate of drug-likeness (QED) is 0.654. The zero-order chi connectivity index (χ0) is 12.7. The maximum atomic E-state index is 4.06. The summed E-state index contributed by atoms with van der Waals surface area (Å²) in [6.45, 7) is 9.92. The van der Waals surface area contributed by atoms with Gasteiger partial charge in [0.25, 0.3) is 0 Å². The van der Waals surface area contributed by atoms with Gasteiger partial charge >= 0.3 is 0 Å². The molecule has 1 rings (SSSR count). The van der Waals surface area contributed by atoms with Crippen LogP contribution in [0, 0.1) is 0 Å². The van der Waals surface area contributed by atoms with E-state index in [1.807, 2.05) is 19.2 Å². The number of anilines is 1. The molecule has 0 saturated carbocycles. The number of hydrogen-bond donors (Lipinski definition) is 0. The molecular formula is C16H21N. The third-order valence-corrected chi connectivity index (χ3v) is 2.73. The smallest absolute Gasteiger partial charge is 0.0440 e. The summed E-state index contributed by atoms with van der Waals surface area (Å²) in [5.74, 6) is 0. The van der Waals surface area contributed by atoms with Gasteiger partial charge in [0.15, 0.2) is 0 Å². The second-order valence-corrected chi connectivity index (χ2v) is 4.02. The van der Waals surface area contributed by atoms with Crippen molar-refractivity contribution in [2.75, 3.05) is 11.9 Å². The van der Waals surface area contributed by atoms with Gasteiger partial charge in [0, 0.05) is 18.4 Å². The fraction of sp³-hybridized carbons (Fsp3) is 0.250. The van der Waals surface area contributed by atoms with E-state index < -0.39 is 0 Å². The number of allylic oxidation sites excluding steroid dienone is 3. The minimum absolute atomic E-state index is 0.966. The second kappa shape index (κ2) is 6.74. The van der Waals surface area contributed by atoms with Gasteiger partial charge in [-0.3, -0.25) is 0 Å². The van der Waals surface area contributed by atoms with Gasteiger partial charge in [-0.1, -0.05) is 56.9 Å². The Morgan fingerprint density at radius 3 is 2.71 bits per heavy atom. The molecule has 0 bridgehead atoms. The first-order chi connectivity index (χ1) is 8.20. The zero-order valence-corrected chi connectivity index (χ0v) is 10.8. The summed E-state index contributed by atoms with van der Waals surface area (Å²) < 4.78 is 0. The van der Waals surface area contributed by atoms with Crippen molar-refractivity contribution in [3.63, 3.8) is 0 Å². The van der Waals surface area contributed by atoms with Crippen molar-refractivity contribution < 1.29 is 0 Å². The Morgan fingerprint density at radius 2 is 2.06 bits per heavy atom. The van der Waals surface area contributed by atoms with Crippen molar-refractivity contribution in [2.24, 2.45) is 0 Å². The number of benzene rings is 1. The summed E-state index contributed by atoms with van der Waals surface area (Å²) in [7, 11) is 2.05. The fourth-order valence-electron chi connectivity index (χ4n) is 1.76. The highest BCUT2D eigenvalue weighted by Crippen LogP contribution is 2.23. The van der Waals surface area contributed by atoms with Crippen LogP contribution in [0.2, 0.25) is 0 Å². The Kier molecular flexibility index (Phi) is 5.28. The molecule has 0 spiro atoms. The molecule has 1 heteroatoms. The number of likely N-dealkylation sites (N-methyl/N-ethyl adjacent to an activating group) is 1. The number of nitrogens with zero attached hydrogens (tertiary/aromatic N) is 1. The van der Waals surface area contributed by atoms with Gasteiger partial charge < -0.3 is 4.90 Å². The van der Waals surface area contributed by atoms with Crippen LogP contribution in [0.15, 0.2) is 61.3 Å². The minimum Gasteiger partial charge on any atom is -0.345 e. The Labute approximate surface area is 105 Å². The third-order valence-electron chi connectivity index (χ3n) is 2.73. The van der Waals surface area contributed by atoms with Crippen LogP contribution in [0.3, 0.4) is 0 Å². The van der Waals surface area contributed by atoms with Gasteiger partial charge in [-0.15, -0.1) is 0 Å². The number of rotatable bonds is 6. The Morgan fingerprint density at radius 1 is 1.35 bits per heavy atom. The lowest BCUT2D eigenvalue weighted by Gasteiger charge is -2.22. The average Bonchev–Trinajstić information content (AvgIpc) is 2.36. The molecule has 1 aromatic rings. The predicted molar refractivity (Wildman–Crippen MR) is 77.3 cm³/mol. The monoisotopic (exact) mass is 227 g/mol. The molecule has 0 fully saturated rings. The van der Waals surface area contributed by atoms with Crippen LogP contribution in [-0.4, -0.2) is 7.05 Å². The average molecular weight is 227 g/mol. The van der Waals surface area contributed by atoms with Crippen molar-refractivity contribution in [1.82, 2.24) is 0 Å². The second-order valence-electron chi connectivity index (χ2n) is 4.02. The van der Waals surface area contributed by atoms with Gasteiger partial charge in [-0.2, -0.15) is 0 Å². The molecule has 17 heavy (non-hydrogen) atoms. The Bertz CT molecular complexity index is 415. The molecule has 0 saturated heterocycles. The Hall–Kier alpha value is -1.76. The maximum Gasteiger partial charge on any atom is 0.0440 e. The van der Waals surface area contributed by atoms with Gasteiger partial charge in [0.05, 0.1) is 0 Å². The molecule has 0 aromatic heterocycles. The SMILES string of the molecule is C=C/C=C\C(=C)N(C)c1ccccc1CCC. The molecular weight excluding hydrogens is 206 g/mol. The number of aryl methyl sites for hydroxylation is 1. The molecule has 0 aliphatic heterocycles. The van der Waals surface area contributed by atoms with E-state index in [1.54, 1.807) is 6.08 Å². The van der Waals surface area contributed by atoms with Crippen LogP contribution in [0.4, 0.5) is 5.69 Å². The molecule has 0 unspecified atom stereocenters. The molecule has 0 radical (unpaired) electrons. The highest BCUT2D eigenvalue weighted by Gasteiger charge is 2.06. The van der Waals surface area contributed by atoms with E-state index in [9.17, 15) is 0 Å². The summed E-state index contributed by atoms with van der Waals surface area (Å²) in [5.41, 5.74) is 3.56. The highest BCUT2D eigenvalue weighted by atomic mass is 15.1. The lowest BCUT2D eigenvalue weighted by molar-refractivity contribution is 0.914. The summed E-state index contributed by atoms with van der Waals surface area (Å²) in [5, 5.41) is 0. The molecule has 0 heterocycles. The molecule has 1 aromatic carbocycles. The van der Waals surface area contributed by atoms with E-state index in [1.165, 1.54) is 11.3 Å². The fourth-order valence-corrected chi connectivity index (χ4v) is 1.76. The van der Waals surface area contributed by atoms with E-state index in [0.717, 1.165) is 18.5 Å². The topological polar surface area (TPSA) is 3.24 Å². The number of para-hydroxylation sites is 1. The highest BCUT2D eigenvalue weighted by molar-refractivity contribution is 5.58. The van der Waals surface area contributed by atoms with Gasteiger partial charge in [-0.25, -0.2) is 0 Å². The third kappa shape index (κ3) is 3.63. The Balaban J connectivity index is 2.94. The van der Waals surface area contributed by atoms with Crippen molar-refractivity contribution in [1.29, 1.82) is 0 Å². The van der Waals surface area contributed by atoms with E-state index >= 15 is 0 Å². The van der Waals surface area contributed by atoms with Gasteiger partial charge in [0.2, 0.25) is 0 Å². The van der Waals surface area contributed by atoms with E-state index in [2.05, 4.69) is 49.2 Å². The standard InChI is InChI=1S/C16H21N/c1-5-7-11-14(3)17(4)16-13-9-8-12-15(16)10-6-2/h5,7-9,11-13H,1,3,6,10H2,2,4H3/b11-7-. The normalized spacial score (nSPS) is 10.5. The van der Waals surface area contributed by atoms with E-state index in [4.69, 9.17) is 0 Å². The lowest BCUT2D eigenvalue weighted by Crippen LogP contribution is -2.15. The van der Waals surface area contributed by atoms with Gasteiger partial charge in [0.1, 0.15) is 0 Å². The van der Waals surface area contributed by atoms with E-state index in [0.29, 0.717) is 0 Å². The molecule has 0 amide bonds. The summed E-state index contributed by atoms with van der Waals surface area (Å²) in [6.07, 6.45) is 7.88. The first kappa shape index (κ1) is 13.3. The number of hydrogen-bond acceptors (Lipinski definition) is 1. The molecule has 0 atom stereocenters. The van der Waals surface area contributed by atoms with Crippen molar-refractivity contribution >= 4 is 5.69 Å².